The highest BCUT2D eigenvalue weighted by Crippen LogP contribution is 2.45. The van der Waals surface area contributed by atoms with E-state index in [-0.39, 0.29) is 17.4 Å². The van der Waals surface area contributed by atoms with Crippen LogP contribution in [0.5, 0.6) is 0 Å². The smallest absolute Gasteiger partial charge is 0.339 e. The van der Waals surface area contributed by atoms with Crippen molar-refractivity contribution in [2.24, 2.45) is 0 Å². The number of amides is 2. The van der Waals surface area contributed by atoms with Crippen molar-refractivity contribution in [3.63, 3.8) is 0 Å². The van der Waals surface area contributed by atoms with E-state index in [1.165, 1.54) is 30.4 Å². The zero-order chi connectivity index (χ0) is 21.5. The van der Waals surface area contributed by atoms with E-state index in [1.807, 2.05) is 24.3 Å². The fourth-order valence-electron chi connectivity index (χ4n) is 4.50. The number of likely N-dealkylation sites (tertiary alicyclic amines) is 1. The Labute approximate surface area is 172 Å². The number of nitrogens with zero attached hydrogens (tertiary/aromatic N) is 2. The second-order valence-electron chi connectivity index (χ2n) is 7.68. The third-order valence-electron chi connectivity index (χ3n) is 6.18. The molecule has 0 aromatic heterocycles. The van der Waals surface area contributed by atoms with Crippen molar-refractivity contribution >= 4 is 17.9 Å². The molecule has 2 heterocycles. The van der Waals surface area contributed by atoms with E-state index in [2.05, 4.69) is 0 Å². The number of benzene rings is 2. The van der Waals surface area contributed by atoms with Gasteiger partial charge in [0.1, 0.15) is 0 Å². The summed E-state index contributed by atoms with van der Waals surface area (Å²) in [5.41, 5.74) is 0.441. The fraction of sp³-hybridized carbons (Fsp3) is 0.304. The van der Waals surface area contributed by atoms with Crippen LogP contribution in [0.2, 0.25) is 0 Å². The van der Waals surface area contributed by atoms with Gasteiger partial charge in [-0.1, -0.05) is 36.4 Å². The summed E-state index contributed by atoms with van der Waals surface area (Å²) in [6, 6.07) is 12.7. The molecule has 1 saturated heterocycles. The lowest BCUT2D eigenvalue weighted by Crippen LogP contribution is -2.51. The van der Waals surface area contributed by atoms with Crippen molar-refractivity contribution in [2.75, 3.05) is 20.1 Å². The molecular weight excluding hydrogens is 393 g/mol. The first kappa shape index (κ1) is 20.2. The zero-order valence-electron chi connectivity index (χ0n) is 16.4. The molecule has 4 rings (SSSR count). The highest BCUT2D eigenvalue weighted by molar-refractivity contribution is 6.00. The molecule has 0 radical (unpaired) electrons. The Morgan fingerprint density at radius 2 is 1.67 bits per heavy atom. The van der Waals surface area contributed by atoms with Crippen molar-refractivity contribution in [1.82, 2.24) is 9.80 Å². The zero-order valence-corrected chi connectivity index (χ0v) is 16.4. The summed E-state index contributed by atoms with van der Waals surface area (Å²) in [6.07, 6.45) is -0.888. The second-order valence-corrected chi connectivity index (χ2v) is 7.68. The lowest BCUT2D eigenvalue weighted by molar-refractivity contribution is -0.137. The van der Waals surface area contributed by atoms with Gasteiger partial charge in [-0.15, -0.1) is 0 Å². The summed E-state index contributed by atoms with van der Waals surface area (Å²) in [5, 5.41) is 0. The Morgan fingerprint density at radius 3 is 2.37 bits per heavy atom. The topological polar surface area (TPSA) is 40.6 Å². The fourth-order valence-corrected chi connectivity index (χ4v) is 4.50. The summed E-state index contributed by atoms with van der Waals surface area (Å²) in [6.45, 7) is 0.853. The molecule has 1 spiro atoms. The molecule has 156 valence electrons. The van der Waals surface area contributed by atoms with Crippen LogP contribution in [0.15, 0.2) is 54.6 Å². The Morgan fingerprint density at radius 1 is 1.03 bits per heavy atom. The Bertz CT molecular complexity index is 1020. The maximum Gasteiger partial charge on any atom is 0.416 e. The predicted octanol–water partition coefficient (Wildman–Crippen LogP) is 4.32. The molecule has 0 N–H and O–H groups in total. The van der Waals surface area contributed by atoms with Crippen LogP contribution >= 0.6 is 0 Å². The van der Waals surface area contributed by atoms with E-state index >= 15 is 0 Å². The van der Waals surface area contributed by atoms with E-state index in [0.717, 1.165) is 11.6 Å². The van der Waals surface area contributed by atoms with Gasteiger partial charge in [0.2, 0.25) is 5.91 Å². The first-order valence-electron chi connectivity index (χ1n) is 9.75. The maximum atomic E-state index is 13.1. The normalized spacial score (nSPS) is 18.3. The lowest BCUT2D eigenvalue weighted by atomic mass is 9.81. The second kappa shape index (κ2) is 7.31. The number of piperidine rings is 1. The van der Waals surface area contributed by atoms with Crippen LogP contribution in [-0.4, -0.2) is 41.8 Å². The van der Waals surface area contributed by atoms with Crippen LogP contribution in [0.3, 0.4) is 0 Å². The van der Waals surface area contributed by atoms with Gasteiger partial charge in [0, 0.05) is 31.8 Å². The first-order valence-corrected chi connectivity index (χ1v) is 9.75. The van der Waals surface area contributed by atoms with Gasteiger partial charge >= 0.3 is 6.18 Å². The number of carbonyl (C=O) groups excluding carboxylic acids is 2. The summed E-state index contributed by atoms with van der Waals surface area (Å²) in [5.74, 6) is -0.351. The van der Waals surface area contributed by atoms with E-state index in [9.17, 15) is 22.8 Å². The van der Waals surface area contributed by atoms with E-state index in [1.54, 1.807) is 16.8 Å². The molecule has 0 saturated carbocycles. The van der Waals surface area contributed by atoms with Crippen molar-refractivity contribution in [3.05, 3.63) is 76.9 Å². The SMILES string of the molecule is CN1C(=O)c2ccccc2C12CCN(C(=O)C=Cc1ccccc1C(F)(F)F)CC2. The van der Waals surface area contributed by atoms with Crippen molar-refractivity contribution in [1.29, 1.82) is 0 Å². The largest absolute Gasteiger partial charge is 0.416 e. The van der Waals surface area contributed by atoms with Gasteiger partial charge < -0.3 is 9.80 Å². The minimum absolute atomic E-state index is 0.0194. The molecule has 4 nitrogen and oxygen atoms in total. The number of carbonyl (C=O) groups is 2. The van der Waals surface area contributed by atoms with Crippen molar-refractivity contribution < 1.29 is 22.8 Å². The quantitative estimate of drug-likeness (QED) is 0.687. The molecule has 2 aliphatic heterocycles. The number of alkyl halides is 3. The highest BCUT2D eigenvalue weighted by atomic mass is 19.4. The van der Waals surface area contributed by atoms with Gasteiger partial charge in [-0.25, -0.2) is 0 Å². The van der Waals surface area contributed by atoms with Crippen molar-refractivity contribution in [3.8, 4) is 0 Å². The van der Waals surface area contributed by atoms with Crippen LogP contribution in [0, 0.1) is 0 Å². The maximum absolute atomic E-state index is 13.1. The Balaban J connectivity index is 1.49. The molecule has 0 bridgehead atoms. The third-order valence-corrected chi connectivity index (χ3v) is 6.18. The minimum atomic E-state index is -4.48. The average Bonchev–Trinajstić information content (AvgIpc) is 2.94. The molecule has 2 aromatic carbocycles. The predicted molar refractivity (Wildman–Crippen MR) is 107 cm³/mol. The molecule has 30 heavy (non-hydrogen) atoms. The van der Waals surface area contributed by atoms with Crippen LogP contribution in [0.1, 0.15) is 39.9 Å². The van der Waals surface area contributed by atoms with Crippen LogP contribution < -0.4 is 0 Å². The van der Waals surface area contributed by atoms with Gasteiger partial charge in [0.25, 0.3) is 5.91 Å². The number of hydrogen-bond donors (Lipinski definition) is 0. The molecule has 0 unspecified atom stereocenters. The summed E-state index contributed by atoms with van der Waals surface area (Å²) in [4.78, 5) is 28.6. The van der Waals surface area contributed by atoms with Crippen molar-refractivity contribution in [2.45, 2.75) is 24.6 Å². The van der Waals surface area contributed by atoms with E-state index in [0.29, 0.717) is 31.5 Å². The summed E-state index contributed by atoms with van der Waals surface area (Å²) in [7, 11) is 1.79. The summed E-state index contributed by atoms with van der Waals surface area (Å²) < 4.78 is 39.4. The van der Waals surface area contributed by atoms with Gasteiger partial charge in [0.05, 0.1) is 11.1 Å². The first-order chi connectivity index (χ1) is 14.2. The minimum Gasteiger partial charge on any atom is -0.339 e. The van der Waals surface area contributed by atoms with Gasteiger partial charge in [-0.2, -0.15) is 13.2 Å². The van der Waals surface area contributed by atoms with Gasteiger partial charge in [-0.3, -0.25) is 9.59 Å². The Hall–Kier alpha value is -3.09. The van der Waals surface area contributed by atoms with Crippen LogP contribution in [-0.2, 0) is 16.5 Å². The lowest BCUT2D eigenvalue weighted by Gasteiger charge is -2.43. The molecule has 7 heteroatoms. The van der Waals surface area contributed by atoms with Gasteiger partial charge in [-0.05, 0) is 42.2 Å². The molecular formula is C23H21F3N2O2. The van der Waals surface area contributed by atoms with Gasteiger partial charge in [0.15, 0.2) is 0 Å². The highest BCUT2D eigenvalue weighted by Gasteiger charge is 2.49. The van der Waals surface area contributed by atoms with E-state index in [4.69, 9.17) is 0 Å². The molecule has 2 amide bonds. The monoisotopic (exact) mass is 414 g/mol. The molecule has 2 aliphatic rings. The molecule has 2 aromatic rings. The standard InChI is InChI=1S/C23H21F3N2O2/c1-27-21(30)17-7-3-5-9-19(17)22(27)12-14-28(15-13-22)20(29)11-10-16-6-2-4-8-18(16)23(24,25)26/h2-11H,12-15H2,1H3. The average molecular weight is 414 g/mol. The van der Waals surface area contributed by atoms with E-state index < -0.39 is 17.3 Å². The van der Waals surface area contributed by atoms with Crippen LogP contribution in [0.4, 0.5) is 13.2 Å². The number of fused-ring (bicyclic) bond motifs is 2. The molecule has 1 fully saturated rings. The third kappa shape index (κ3) is 3.28. The summed E-state index contributed by atoms with van der Waals surface area (Å²) >= 11 is 0. The molecule has 0 atom stereocenters. The number of hydrogen-bond acceptors (Lipinski definition) is 2. The Kier molecular flexibility index (Phi) is 4.92. The molecule has 0 aliphatic carbocycles. The number of rotatable bonds is 2. The van der Waals surface area contributed by atoms with Crippen LogP contribution in [0.25, 0.3) is 6.08 Å². The number of halogens is 3.